The maximum Gasteiger partial charge on any atom is 0.214 e. The third-order valence-electron chi connectivity index (χ3n) is 2.97. The third-order valence-corrected chi connectivity index (χ3v) is 5.11. The Balaban J connectivity index is 2.54. The average molecular weight is 248 g/mol. The van der Waals surface area contributed by atoms with Gasteiger partial charge in [-0.3, -0.25) is 0 Å². The molecular weight excluding hydrogens is 224 g/mol. The molecule has 1 unspecified atom stereocenters. The summed E-state index contributed by atoms with van der Waals surface area (Å²) in [5.41, 5.74) is 0. The Bertz CT molecular complexity index is 282. The maximum atomic E-state index is 12.1. The highest BCUT2D eigenvalue weighted by atomic mass is 32.2. The van der Waals surface area contributed by atoms with E-state index in [2.05, 4.69) is 12.2 Å². The SMILES string of the molecule is CCCC(C)CS(=O)(=O)N1CCCNCC1. The van der Waals surface area contributed by atoms with Gasteiger partial charge in [-0.05, 0) is 25.3 Å². The normalized spacial score (nSPS) is 21.6. The molecule has 16 heavy (non-hydrogen) atoms. The first kappa shape index (κ1) is 13.9. The van der Waals surface area contributed by atoms with Crippen LogP contribution in [0, 0.1) is 5.92 Å². The van der Waals surface area contributed by atoms with Gasteiger partial charge < -0.3 is 5.32 Å². The fourth-order valence-corrected chi connectivity index (χ4v) is 4.01. The highest BCUT2D eigenvalue weighted by Crippen LogP contribution is 2.13. The van der Waals surface area contributed by atoms with Crippen molar-refractivity contribution in [3.05, 3.63) is 0 Å². The molecule has 0 spiro atoms. The quantitative estimate of drug-likeness (QED) is 0.791. The first-order valence-electron chi connectivity index (χ1n) is 6.25. The molecule has 0 bridgehead atoms. The minimum Gasteiger partial charge on any atom is -0.315 e. The summed E-state index contributed by atoms with van der Waals surface area (Å²) in [6.45, 7) is 7.13. The first-order valence-corrected chi connectivity index (χ1v) is 7.85. The van der Waals surface area contributed by atoms with Crippen LogP contribution in [0.25, 0.3) is 0 Å². The number of sulfonamides is 1. The first-order chi connectivity index (χ1) is 7.56. The molecular formula is C11H24N2O2S. The van der Waals surface area contributed by atoms with Crippen LogP contribution in [0.15, 0.2) is 0 Å². The standard InChI is InChI=1S/C11H24N2O2S/c1-3-5-11(2)10-16(14,15)13-8-4-6-12-7-9-13/h11-12H,3-10H2,1-2H3. The van der Waals surface area contributed by atoms with Gasteiger partial charge in [0.15, 0.2) is 0 Å². The predicted molar refractivity (Wildman–Crippen MR) is 66.9 cm³/mol. The second-order valence-corrected chi connectivity index (χ2v) is 6.69. The molecule has 1 aliphatic heterocycles. The van der Waals surface area contributed by atoms with Crippen LogP contribution in [-0.4, -0.2) is 44.7 Å². The second-order valence-electron chi connectivity index (χ2n) is 4.68. The minimum atomic E-state index is -3.03. The Morgan fingerprint density at radius 1 is 1.31 bits per heavy atom. The van der Waals surface area contributed by atoms with Gasteiger partial charge in [-0.25, -0.2) is 12.7 Å². The van der Waals surface area contributed by atoms with Gasteiger partial charge in [-0.1, -0.05) is 20.3 Å². The van der Waals surface area contributed by atoms with Crippen LogP contribution in [0.2, 0.25) is 0 Å². The Morgan fingerprint density at radius 3 is 2.75 bits per heavy atom. The van der Waals surface area contributed by atoms with Crippen LogP contribution in [0.3, 0.4) is 0 Å². The Kier molecular flexibility index (Phi) is 5.72. The molecule has 1 atom stereocenters. The van der Waals surface area contributed by atoms with Crippen molar-refractivity contribution in [2.24, 2.45) is 5.92 Å². The molecule has 1 saturated heterocycles. The summed E-state index contributed by atoms with van der Waals surface area (Å²) in [7, 11) is -3.03. The van der Waals surface area contributed by atoms with Crippen LogP contribution >= 0.6 is 0 Å². The zero-order valence-corrected chi connectivity index (χ0v) is 11.2. The molecule has 1 heterocycles. The molecule has 1 rings (SSSR count). The zero-order valence-electron chi connectivity index (χ0n) is 10.4. The van der Waals surface area contributed by atoms with Gasteiger partial charge in [0.2, 0.25) is 10.0 Å². The fraction of sp³-hybridized carbons (Fsp3) is 1.00. The van der Waals surface area contributed by atoms with Crippen molar-refractivity contribution in [2.45, 2.75) is 33.1 Å². The van der Waals surface area contributed by atoms with Crippen LogP contribution in [0.5, 0.6) is 0 Å². The van der Waals surface area contributed by atoms with Gasteiger partial charge in [-0.15, -0.1) is 0 Å². The molecule has 0 aromatic rings. The second kappa shape index (κ2) is 6.57. The molecule has 0 aromatic heterocycles. The van der Waals surface area contributed by atoms with Crippen molar-refractivity contribution in [3.63, 3.8) is 0 Å². The van der Waals surface area contributed by atoms with Crippen molar-refractivity contribution in [1.82, 2.24) is 9.62 Å². The van der Waals surface area contributed by atoms with Crippen LogP contribution in [0.1, 0.15) is 33.1 Å². The molecule has 0 aromatic carbocycles. The molecule has 1 fully saturated rings. The lowest BCUT2D eigenvalue weighted by Gasteiger charge is -2.21. The van der Waals surface area contributed by atoms with Gasteiger partial charge >= 0.3 is 0 Å². The minimum absolute atomic E-state index is 0.270. The molecule has 0 saturated carbocycles. The monoisotopic (exact) mass is 248 g/mol. The number of nitrogens with zero attached hydrogens (tertiary/aromatic N) is 1. The van der Waals surface area contributed by atoms with E-state index < -0.39 is 10.0 Å². The Labute approximate surface area is 99.5 Å². The Morgan fingerprint density at radius 2 is 2.06 bits per heavy atom. The van der Waals surface area contributed by atoms with E-state index in [1.807, 2.05) is 6.92 Å². The van der Waals surface area contributed by atoms with Crippen molar-refractivity contribution in [3.8, 4) is 0 Å². The summed E-state index contributed by atoms with van der Waals surface area (Å²) in [6.07, 6.45) is 2.96. The summed E-state index contributed by atoms with van der Waals surface area (Å²) >= 11 is 0. The molecule has 5 heteroatoms. The predicted octanol–water partition coefficient (Wildman–Crippen LogP) is 1.05. The molecule has 4 nitrogen and oxygen atoms in total. The van der Waals surface area contributed by atoms with E-state index in [-0.39, 0.29) is 5.92 Å². The summed E-state index contributed by atoms with van der Waals surface area (Å²) in [4.78, 5) is 0. The van der Waals surface area contributed by atoms with E-state index >= 15 is 0 Å². The van der Waals surface area contributed by atoms with Gasteiger partial charge in [0.25, 0.3) is 0 Å². The molecule has 0 aliphatic carbocycles. The maximum absolute atomic E-state index is 12.1. The van der Waals surface area contributed by atoms with Gasteiger partial charge in [0.05, 0.1) is 5.75 Å². The molecule has 0 amide bonds. The number of rotatable bonds is 5. The largest absolute Gasteiger partial charge is 0.315 e. The molecule has 96 valence electrons. The van der Waals surface area contributed by atoms with Crippen LogP contribution < -0.4 is 5.32 Å². The van der Waals surface area contributed by atoms with E-state index in [1.54, 1.807) is 4.31 Å². The highest BCUT2D eigenvalue weighted by molar-refractivity contribution is 7.89. The smallest absolute Gasteiger partial charge is 0.214 e. The Hall–Kier alpha value is -0.130. The van der Waals surface area contributed by atoms with Gasteiger partial charge in [-0.2, -0.15) is 0 Å². The van der Waals surface area contributed by atoms with E-state index in [4.69, 9.17) is 0 Å². The van der Waals surface area contributed by atoms with E-state index in [9.17, 15) is 8.42 Å². The van der Waals surface area contributed by atoms with Crippen LogP contribution in [-0.2, 0) is 10.0 Å². The fourth-order valence-electron chi connectivity index (χ4n) is 2.14. The lowest BCUT2D eigenvalue weighted by Crippen LogP contribution is -2.37. The third kappa shape index (κ3) is 4.39. The lowest BCUT2D eigenvalue weighted by atomic mass is 10.1. The van der Waals surface area contributed by atoms with E-state index in [0.29, 0.717) is 18.8 Å². The number of hydrogen-bond donors (Lipinski definition) is 1. The topological polar surface area (TPSA) is 49.4 Å². The van der Waals surface area contributed by atoms with Crippen molar-refractivity contribution < 1.29 is 8.42 Å². The van der Waals surface area contributed by atoms with Crippen molar-refractivity contribution in [2.75, 3.05) is 31.9 Å². The molecule has 0 radical (unpaired) electrons. The molecule has 1 aliphatic rings. The zero-order chi connectivity index (χ0) is 12.0. The average Bonchev–Trinajstić information content (AvgIpc) is 2.45. The number of hydrogen-bond acceptors (Lipinski definition) is 3. The summed E-state index contributed by atoms with van der Waals surface area (Å²) < 4.78 is 25.9. The van der Waals surface area contributed by atoms with Crippen LogP contribution in [0.4, 0.5) is 0 Å². The molecule has 1 N–H and O–H groups in total. The van der Waals surface area contributed by atoms with E-state index in [0.717, 1.165) is 32.4 Å². The van der Waals surface area contributed by atoms with Gasteiger partial charge in [0, 0.05) is 19.6 Å². The highest BCUT2D eigenvalue weighted by Gasteiger charge is 2.24. The van der Waals surface area contributed by atoms with Crippen molar-refractivity contribution in [1.29, 1.82) is 0 Å². The number of nitrogens with one attached hydrogen (secondary N) is 1. The lowest BCUT2D eigenvalue weighted by molar-refractivity contribution is 0.422. The van der Waals surface area contributed by atoms with Crippen molar-refractivity contribution >= 4 is 10.0 Å². The van der Waals surface area contributed by atoms with E-state index in [1.165, 1.54) is 0 Å². The van der Waals surface area contributed by atoms with Gasteiger partial charge in [0.1, 0.15) is 0 Å². The summed E-state index contributed by atoms with van der Waals surface area (Å²) in [5, 5.41) is 3.22. The summed E-state index contributed by atoms with van der Waals surface area (Å²) in [5.74, 6) is 0.576. The summed E-state index contributed by atoms with van der Waals surface area (Å²) in [6, 6.07) is 0.